The number of alkyl halides is 3. The van der Waals surface area contributed by atoms with Gasteiger partial charge in [-0.1, -0.05) is 0 Å². The molecule has 0 fully saturated rings. The van der Waals surface area contributed by atoms with Crippen LogP contribution >= 0.6 is 11.8 Å². The lowest BCUT2D eigenvalue weighted by Crippen LogP contribution is -1.99. The van der Waals surface area contributed by atoms with Crippen LogP contribution in [0.25, 0.3) is 5.69 Å². The number of hydrogen-bond acceptors (Lipinski definition) is 1. The Morgan fingerprint density at radius 2 is 1.50 bits per heavy atom. The van der Waals surface area contributed by atoms with E-state index in [2.05, 4.69) is 0 Å². The number of hydrogen-bond donors (Lipinski definition) is 0. The molecule has 84 valence electrons. The van der Waals surface area contributed by atoms with Gasteiger partial charge in [-0.3, -0.25) is 0 Å². The Hall–Kier alpha value is -1.36. The number of rotatable bonds is 2. The molecule has 16 heavy (non-hydrogen) atoms. The highest BCUT2D eigenvalue weighted by Gasteiger charge is 2.28. The predicted octanol–water partition coefficient (Wildman–Crippen LogP) is 4.09. The Morgan fingerprint density at radius 3 is 2.00 bits per heavy atom. The van der Waals surface area contributed by atoms with E-state index in [4.69, 9.17) is 0 Å². The van der Waals surface area contributed by atoms with Crippen LogP contribution in [0.15, 0.2) is 53.7 Å². The van der Waals surface area contributed by atoms with Crippen molar-refractivity contribution in [3.63, 3.8) is 0 Å². The number of thioether (sulfide) groups is 1. The van der Waals surface area contributed by atoms with Crippen molar-refractivity contribution in [3.8, 4) is 5.69 Å². The molecule has 0 aliphatic heterocycles. The van der Waals surface area contributed by atoms with Gasteiger partial charge in [0.15, 0.2) is 0 Å². The van der Waals surface area contributed by atoms with E-state index in [0.717, 1.165) is 5.69 Å². The smallest absolute Gasteiger partial charge is 0.324 e. The lowest BCUT2D eigenvalue weighted by atomic mass is 10.3. The van der Waals surface area contributed by atoms with Gasteiger partial charge < -0.3 is 4.57 Å². The van der Waals surface area contributed by atoms with Crippen molar-refractivity contribution in [3.05, 3.63) is 48.8 Å². The van der Waals surface area contributed by atoms with Crippen LogP contribution in [0.3, 0.4) is 0 Å². The first-order chi connectivity index (χ1) is 7.54. The molecule has 1 nitrogen and oxygen atoms in total. The molecule has 1 heterocycles. The zero-order valence-electron chi connectivity index (χ0n) is 8.11. The van der Waals surface area contributed by atoms with Gasteiger partial charge in [0.25, 0.3) is 0 Å². The van der Waals surface area contributed by atoms with E-state index < -0.39 is 5.51 Å². The van der Waals surface area contributed by atoms with Gasteiger partial charge in [0, 0.05) is 23.0 Å². The fourth-order valence-corrected chi connectivity index (χ4v) is 1.87. The Balaban J connectivity index is 2.17. The molecule has 0 saturated carbocycles. The van der Waals surface area contributed by atoms with E-state index in [0.29, 0.717) is 0 Å². The summed E-state index contributed by atoms with van der Waals surface area (Å²) in [7, 11) is 0. The fourth-order valence-electron chi connectivity index (χ4n) is 1.33. The van der Waals surface area contributed by atoms with Crippen molar-refractivity contribution in [1.29, 1.82) is 0 Å². The third-order valence-electron chi connectivity index (χ3n) is 1.97. The zero-order valence-corrected chi connectivity index (χ0v) is 8.92. The summed E-state index contributed by atoms with van der Waals surface area (Å²) in [6, 6.07) is 9.97. The number of benzene rings is 1. The monoisotopic (exact) mass is 243 g/mol. The first kappa shape index (κ1) is 11.1. The first-order valence-corrected chi connectivity index (χ1v) is 5.35. The van der Waals surface area contributed by atoms with Crippen molar-refractivity contribution in [2.24, 2.45) is 0 Å². The van der Waals surface area contributed by atoms with Gasteiger partial charge in [-0.25, -0.2) is 0 Å². The Labute approximate surface area is 94.9 Å². The minimum absolute atomic E-state index is 0.103. The lowest BCUT2D eigenvalue weighted by Gasteiger charge is -2.07. The molecule has 0 N–H and O–H groups in total. The molecule has 1 aromatic heterocycles. The average Bonchev–Trinajstić information content (AvgIpc) is 2.69. The Morgan fingerprint density at radius 1 is 0.938 bits per heavy atom. The second-order valence-corrected chi connectivity index (χ2v) is 4.27. The van der Waals surface area contributed by atoms with E-state index in [9.17, 15) is 13.2 Å². The van der Waals surface area contributed by atoms with E-state index in [1.165, 1.54) is 12.1 Å². The molecule has 0 saturated heterocycles. The molecule has 2 rings (SSSR count). The van der Waals surface area contributed by atoms with Crippen molar-refractivity contribution >= 4 is 11.8 Å². The third kappa shape index (κ3) is 2.82. The summed E-state index contributed by atoms with van der Waals surface area (Å²) in [6.45, 7) is 0. The summed E-state index contributed by atoms with van der Waals surface area (Å²) in [5.41, 5.74) is -3.38. The van der Waals surface area contributed by atoms with Crippen molar-refractivity contribution < 1.29 is 13.2 Å². The summed E-state index contributed by atoms with van der Waals surface area (Å²) in [5.74, 6) is 0. The second-order valence-electron chi connectivity index (χ2n) is 3.13. The topological polar surface area (TPSA) is 4.93 Å². The van der Waals surface area contributed by atoms with Crippen LogP contribution < -0.4 is 0 Å². The van der Waals surface area contributed by atoms with Crippen LogP contribution in [0.5, 0.6) is 0 Å². The van der Waals surface area contributed by atoms with Crippen molar-refractivity contribution in [2.45, 2.75) is 10.4 Å². The molecule has 0 aliphatic carbocycles. The van der Waals surface area contributed by atoms with E-state index in [-0.39, 0.29) is 16.7 Å². The molecule has 0 spiro atoms. The average molecular weight is 243 g/mol. The normalized spacial score (nSPS) is 11.7. The first-order valence-electron chi connectivity index (χ1n) is 4.54. The van der Waals surface area contributed by atoms with E-state index >= 15 is 0 Å². The van der Waals surface area contributed by atoms with Crippen LogP contribution in [0.2, 0.25) is 0 Å². The minimum Gasteiger partial charge on any atom is -0.324 e. The second kappa shape index (κ2) is 4.25. The summed E-state index contributed by atoms with van der Waals surface area (Å²) in [4.78, 5) is 0.198. The number of nitrogens with zero attached hydrogens (tertiary/aromatic N) is 1. The van der Waals surface area contributed by atoms with Gasteiger partial charge in [-0.2, -0.15) is 13.2 Å². The highest BCUT2D eigenvalue weighted by atomic mass is 32.2. The molecule has 1 aromatic carbocycles. The van der Waals surface area contributed by atoms with Crippen LogP contribution in [0.4, 0.5) is 13.2 Å². The minimum atomic E-state index is -4.23. The SMILES string of the molecule is FC(F)(F)Sc1ccc(-n2cccc2)cc1. The van der Waals surface area contributed by atoms with E-state index in [1.54, 1.807) is 12.1 Å². The zero-order chi connectivity index (χ0) is 11.6. The van der Waals surface area contributed by atoms with Crippen molar-refractivity contribution in [1.82, 2.24) is 4.57 Å². The molecule has 0 bridgehead atoms. The molecule has 5 heteroatoms. The summed E-state index contributed by atoms with van der Waals surface area (Å²) >= 11 is -0.103. The van der Waals surface area contributed by atoms with E-state index in [1.807, 2.05) is 29.1 Å². The van der Waals surface area contributed by atoms with Crippen LogP contribution in [0.1, 0.15) is 0 Å². The Bertz CT molecular complexity index is 445. The van der Waals surface area contributed by atoms with Gasteiger partial charge in [0.05, 0.1) is 0 Å². The van der Waals surface area contributed by atoms with Crippen molar-refractivity contribution in [2.75, 3.05) is 0 Å². The quantitative estimate of drug-likeness (QED) is 0.719. The Kier molecular flexibility index (Phi) is 2.96. The van der Waals surface area contributed by atoms with Crippen LogP contribution in [-0.2, 0) is 0 Å². The number of halogens is 3. The largest absolute Gasteiger partial charge is 0.446 e. The molecular weight excluding hydrogens is 235 g/mol. The molecule has 0 aliphatic rings. The lowest BCUT2D eigenvalue weighted by molar-refractivity contribution is -0.0328. The molecule has 0 unspecified atom stereocenters. The summed E-state index contributed by atoms with van der Waals surface area (Å²) < 4.78 is 38.1. The predicted molar refractivity (Wildman–Crippen MR) is 57.7 cm³/mol. The van der Waals surface area contributed by atoms with Gasteiger partial charge in [0.1, 0.15) is 0 Å². The maximum absolute atomic E-state index is 12.1. The van der Waals surface area contributed by atoms with Crippen LogP contribution in [-0.4, -0.2) is 10.1 Å². The molecular formula is C11H8F3NS. The molecule has 0 atom stereocenters. The maximum atomic E-state index is 12.1. The standard InChI is InChI=1S/C11H8F3NS/c12-11(13,14)16-10-5-3-9(4-6-10)15-7-1-2-8-15/h1-8H. The van der Waals surface area contributed by atoms with Gasteiger partial charge in [0.2, 0.25) is 0 Å². The maximum Gasteiger partial charge on any atom is 0.446 e. The highest BCUT2D eigenvalue weighted by Crippen LogP contribution is 2.36. The highest BCUT2D eigenvalue weighted by molar-refractivity contribution is 8.00. The molecule has 2 aromatic rings. The third-order valence-corrected chi connectivity index (χ3v) is 2.71. The van der Waals surface area contributed by atoms with Gasteiger partial charge in [-0.05, 0) is 48.2 Å². The van der Waals surface area contributed by atoms with Gasteiger partial charge >= 0.3 is 5.51 Å². The molecule has 0 radical (unpaired) electrons. The summed E-state index contributed by atoms with van der Waals surface area (Å²) in [5, 5.41) is 0. The summed E-state index contributed by atoms with van der Waals surface area (Å²) in [6.07, 6.45) is 3.68. The van der Waals surface area contributed by atoms with Crippen LogP contribution in [0, 0.1) is 0 Å². The fraction of sp³-hybridized carbons (Fsp3) is 0.0909. The molecule has 0 amide bonds. The number of aromatic nitrogens is 1. The van der Waals surface area contributed by atoms with Gasteiger partial charge in [-0.15, -0.1) is 0 Å².